The van der Waals surface area contributed by atoms with Gasteiger partial charge in [0.05, 0.1) is 0 Å². The molecular weight excluding hydrogens is 146 g/mol. The van der Waals surface area contributed by atoms with Crippen molar-refractivity contribution in [3.05, 3.63) is 0 Å². The first kappa shape index (κ1) is 7.78. The lowest BCUT2D eigenvalue weighted by Gasteiger charge is -2.32. The van der Waals surface area contributed by atoms with Crippen LogP contribution in [0.25, 0.3) is 0 Å². The van der Waals surface area contributed by atoms with Crippen molar-refractivity contribution in [1.29, 1.82) is 0 Å². The maximum Gasteiger partial charge on any atom is 0.179 e. The molecule has 1 nitrogen and oxygen atoms in total. The molecule has 1 fully saturated rings. The third-order valence-electron chi connectivity index (χ3n) is 1.98. The van der Waals surface area contributed by atoms with Gasteiger partial charge in [0.15, 0.2) is 7.00 Å². The highest BCUT2D eigenvalue weighted by molar-refractivity contribution is 7.56. The van der Waals surface area contributed by atoms with Crippen molar-refractivity contribution in [3.8, 4) is 0 Å². The van der Waals surface area contributed by atoms with E-state index in [1.165, 1.54) is 29.5 Å². The number of ether oxygens (including phenoxy) is 1. The molecule has 0 spiro atoms. The molecule has 1 saturated heterocycles. The van der Waals surface area contributed by atoms with E-state index < -0.39 is 0 Å². The fourth-order valence-corrected chi connectivity index (χ4v) is 2.03. The van der Waals surface area contributed by atoms with E-state index in [1.807, 2.05) is 0 Å². The third-order valence-corrected chi connectivity index (χ3v) is 4.86. The second-order valence-electron chi connectivity index (χ2n) is 2.96. The number of hydrogen-bond acceptors (Lipinski definition) is 1. The average molecular weight is 160 g/mol. The maximum absolute atomic E-state index is 5.66. The van der Waals surface area contributed by atoms with Gasteiger partial charge in [-0.05, 0) is 19.3 Å². The van der Waals surface area contributed by atoms with E-state index in [1.54, 1.807) is 0 Å². The molecule has 1 aliphatic heterocycles. The highest BCUT2D eigenvalue weighted by atomic mass is 31.0. The van der Waals surface area contributed by atoms with Gasteiger partial charge in [-0.2, -0.15) is 9.12 Å². The van der Waals surface area contributed by atoms with Gasteiger partial charge in [0.25, 0.3) is 0 Å². The van der Waals surface area contributed by atoms with Gasteiger partial charge in [-0.1, -0.05) is 0 Å². The minimum Gasteiger partial charge on any atom is -0.387 e. The topological polar surface area (TPSA) is 9.23 Å². The van der Waals surface area contributed by atoms with Gasteiger partial charge in [-0.25, -0.2) is 0 Å². The Hall–Kier alpha value is 0.672. The highest BCUT2D eigenvalue weighted by Gasteiger charge is 2.25. The van der Waals surface area contributed by atoms with E-state index in [4.69, 9.17) is 4.74 Å². The molecule has 9 heavy (non-hydrogen) atoms. The molecule has 1 aliphatic rings. The molecule has 2 unspecified atom stereocenters. The van der Waals surface area contributed by atoms with Crippen LogP contribution >= 0.6 is 9.12 Å². The summed E-state index contributed by atoms with van der Waals surface area (Å²) in [6, 6.07) is 0. The lowest BCUT2D eigenvalue weighted by molar-refractivity contribution is 0.0375. The molecule has 0 aromatic heterocycles. The van der Waals surface area contributed by atoms with Crippen LogP contribution in [-0.4, -0.2) is 29.0 Å². The van der Waals surface area contributed by atoms with Crippen LogP contribution in [0.1, 0.15) is 19.3 Å². The maximum atomic E-state index is 5.66. The Morgan fingerprint density at radius 3 is 2.67 bits per heavy atom. The Morgan fingerprint density at radius 1 is 1.56 bits per heavy atom. The average Bonchev–Trinajstić information content (AvgIpc) is 1.90. The molecule has 0 aliphatic carbocycles. The van der Waals surface area contributed by atoms with Gasteiger partial charge in [0, 0.05) is 22.0 Å². The zero-order valence-corrected chi connectivity index (χ0v) is 9.18. The van der Waals surface area contributed by atoms with Crippen LogP contribution in [-0.2, 0) is 4.74 Å². The van der Waals surface area contributed by atoms with Crippen LogP contribution in [0.15, 0.2) is 0 Å². The van der Waals surface area contributed by atoms with E-state index in [9.17, 15) is 0 Å². The monoisotopic (exact) mass is 160 g/mol. The predicted octanol–water partition coefficient (Wildman–Crippen LogP) is -0.567. The molecule has 1 heterocycles. The molecule has 52 valence electrons. The Morgan fingerprint density at radius 2 is 2.33 bits per heavy atom. The van der Waals surface area contributed by atoms with Crippen molar-refractivity contribution < 1.29 is 4.74 Å². The molecule has 0 saturated carbocycles. The van der Waals surface area contributed by atoms with Crippen molar-refractivity contribution in [3.63, 3.8) is 0 Å². The second-order valence-corrected chi connectivity index (χ2v) is 5.19. The Kier molecular flexibility index (Phi) is 2.75. The molecular formula is C5H14BOPSi. The fraction of sp³-hybridized carbons (Fsp3) is 1.00. The third kappa shape index (κ3) is 2.07. The SMILES string of the molecule is [SiH3]C1(BP)CCCCO1. The number of rotatable bonds is 1. The lowest BCUT2D eigenvalue weighted by atomic mass is 9.89. The summed E-state index contributed by atoms with van der Waals surface area (Å²) >= 11 is 0. The van der Waals surface area contributed by atoms with E-state index in [0.717, 1.165) is 13.6 Å². The van der Waals surface area contributed by atoms with Crippen molar-refractivity contribution in [2.45, 2.75) is 24.4 Å². The minimum atomic E-state index is 0.322. The van der Waals surface area contributed by atoms with Crippen LogP contribution in [0.2, 0.25) is 0 Å². The Labute approximate surface area is 62.8 Å². The van der Waals surface area contributed by atoms with Crippen molar-refractivity contribution >= 4 is 26.4 Å². The van der Waals surface area contributed by atoms with Gasteiger partial charge in [0.1, 0.15) is 0 Å². The van der Waals surface area contributed by atoms with Crippen LogP contribution in [0, 0.1) is 0 Å². The molecule has 1 rings (SSSR count). The Bertz CT molecular complexity index is 95.0. The van der Waals surface area contributed by atoms with Crippen molar-refractivity contribution in [2.75, 3.05) is 6.61 Å². The largest absolute Gasteiger partial charge is 0.387 e. The first-order chi connectivity index (χ1) is 4.27. The summed E-state index contributed by atoms with van der Waals surface area (Å²) in [5, 5.41) is 0.322. The van der Waals surface area contributed by atoms with Crippen LogP contribution in [0.4, 0.5) is 0 Å². The summed E-state index contributed by atoms with van der Waals surface area (Å²) in [5.74, 6) is 0. The van der Waals surface area contributed by atoms with Gasteiger partial charge < -0.3 is 4.74 Å². The Balaban J connectivity index is 2.37. The molecule has 4 heteroatoms. The van der Waals surface area contributed by atoms with E-state index in [-0.39, 0.29) is 0 Å². The van der Waals surface area contributed by atoms with E-state index in [2.05, 4.69) is 9.12 Å². The van der Waals surface area contributed by atoms with E-state index in [0.29, 0.717) is 5.12 Å². The van der Waals surface area contributed by atoms with Crippen LogP contribution < -0.4 is 0 Å². The lowest BCUT2D eigenvalue weighted by Crippen LogP contribution is -2.40. The van der Waals surface area contributed by atoms with Gasteiger partial charge in [0.2, 0.25) is 0 Å². The number of hydrogen-bond donors (Lipinski definition) is 0. The first-order valence-corrected chi connectivity index (χ1v) is 5.42. The molecule has 0 aromatic carbocycles. The molecule has 0 aromatic rings. The molecule has 0 radical (unpaired) electrons. The summed E-state index contributed by atoms with van der Waals surface area (Å²) < 4.78 is 5.66. The summed E-state index contributed by atoms with van der Waals surface area (Å²) in [5.41, 5.74) is 0. The van der Waals surface area contributed by atoms with Gasteiger partial charge in [-0.3, -0.25) is 0 Å². The quantitative estimate of drug-likeness (QED) is 0.368. The molecule has 0 N–H and O–H groups in total. The zero-order chi connectivity index (χ0) is 6.74. The first-order valence-electron chi connectivity index (χ1n) is 3.61. The highest BCUT2D eigenvalue weighted by Crippen LogP contribution is 2.21. The molecule has 0 bridgehead atoms. The summed E-state index contributed by atoms with van der Waals surface area (Å²) in [4.78, 5) is 0. The minimum absolute atomic E-state index is 0.322. The standard InChI is InChI=1S/C5H14BOPSi/c8-6-5(9)3-1-2-4-7-5/h6H,1-4,8H2,9H3. The van der Waals surface area contributed by atoms with Crippen molar-refractivity contribution in [2.24, 2.45) is 0 Å². The summed E-state index contributed by atoms with van der Waals surface area (Å²) in [6.45, 7) is 2.14. The predicted molar refractivity (Wildman–Crippen MR) is 49.3 cm³/mol. The molecule has 2 atom stereocenters. The zero-order valence-electron chi connectivity index (χ0n) is 6.02. The fourth-order valence-electron chi connectivity index (χ4n) is 1.15. The van der Waals surface area contributed by atoms with Crippen molar-refractivity contribution in [1.82, 2.24) is 0 Å². The normalized spacial score (nSPS) is 36.6. The van der Waals surface area contributed by atoms with E-state index >= 15 is 0 Å². The summed E-state index contributed by atoms with van der Waals surface area (Å²) in [7, 11) is 3.97. The van der Waals surface area contributed by atoms with Gasteiger partial charge >= 0.3 is 0 Å². The smallest absolute Gasteiger partial charge is 0.179 e. The molecule has 0 amide bonds. The second kappa shape index (κ2) is 3.18. The van der Waals surface area contributed by atoms with Gasteiger partial charge in [-0.15, -0.1) is 0 Å². The van der Waals surface area contributed by atoms with Crippen LogP contribution in [0.3, 0.4) is 0 Å². The van der Waals surface area contributed by atoms with Crippen LogP contribution in [0.5, 0.6) is 0 Å². The summed E-state index contributed by atoms with van der Waals surface area (Å²) in [6.07, 6.45) is 3.94.